The third-order valence-electron chi connectivity index (χ3n) is 4.27. The van der Waals surface area contributed by atoms with E-state index in [1.807, 2.05) is 6.92 Å². The maximum absolute atomic E-state index is 12.0. The van der Waals surface area contributed by atoms with Crippen molar-refractivity contribution in [3.63, 3.8) is 0 Å². The van der Waals surface area contributed by atoms with Gasteiger partial charge in [0, 0.05) is 23.7 Å². The van der Waals surface area contributed by atoms with Crippen LogP contribution in [0.2, 0.25) is 0 Å². The van der Waals surface area contributed by atoms with Crippen molar-refractivity contribution in [2.45, 2.75) is 75.3 Å². The summed E-state index contributed by atoms with van der Waals surface area (Å²) in [6.45, 7) is 9.45. The summed E-state index contributed by atoms with van der Waals surface area (Å²) in [7, 11) is 0. The Hall–Kier alpha value is -1.03. The van der Waals surface area contributed by atoms with Gasteiger partial charge in [-0.2, -0.15) is 0 Å². The van der Waals surface area contributed by atoms with Crippen molar-refractivity contribution >= 4 is 17.3 Å². The monoisotopic (exact) mass is 302 g/mol. The second-order valence-corrected chi connectivity index (χ2v) is 5.63. The van der Waals surface area contributed by atoms with E-state index in [-0.39, 0.29) is 38.6 Å². The van der Waals surface area contributed by atoms with Crippen LogP contribution in [0.5, 0.6) is 0 Å². The Labute approximate surface area is 130 Å². The quantitative estimate of drug-likeness (QED) is 0.745. The molecule has 0 saturated heterocycles. The zero-order valence-corrected chi connectivity index (χ0v) is 12.8. The van der Waals surface area contributed by atoms with E-state index in [0.29, 0.717) is 6.42 Å². The van der Waals surface area contributed by atoms with Gasteiger partial charge in [0.15, 0.2) is 0 Å². The van der Waals surface area contributed by atoms with E-state index in [2.05, 4.69) is 0 Å². The molecule has 0 spiro atoms. The van der Waals surface area contributed by atoms with Gasteiger partial charge < -0.3 is 9.90 Å². The second kappa shape index (κ2) is 9.82. The fourth-order valence-electron chi connectivity index (χ4n) is 3.11. The Morgan fingerprint density at radius 1 is 1.00 bits per heavy atom. The average molecular weight is 302 g/mol. The van der Waals surface area contributed by atoms with Crippen LogP contribution in [0.3, 0.4) is 0 Å². The van der Waals surface area contributed by atoms with E-state index < -0.39 is 23.4 Å². The van der Waals surface area contributed by atoms with Gasteiger partial charge in [0.1, 0.15) is 17.3 Å². The van der Waals surface area contributed by atoms with Gasteiger partial charge in [0.05, 0.1) is 6.10 Å². The van der Waals surface area contributed by atoms with Gasteiger partial charge in [0.2, 0.25) is 0 Å². The lowest BCUT2D eigenvalue weighted by molar-refractivity contribution is -0.143. The normalized spacial score (nSPS) is 17.3. The molecule has 21 heavy (non-hydrogen) atoms. The molecule has 1 N–H and O–H groups in total. The fraction of sp³-hybridized carbons (Fsp3) is 0.824. The molecule has 0 aromatic carbocycles. The molecule has 0 amide bonds. The molecule has 4 unspecified atom stereocenters. The molecule has 4 atom stereocenters. The van der Waals surface area contributed by atoms with Crippen LogP contribution in [-0.4, -0.2) is 28.6 Å². The third-order valence-corrected chi connectivity index (χ3v) is 4.27. The summed E-state index contributed by atoms with van der Waals surface area (Å²) in [4.78, 5) is 35.2. The summed E-state index contributed by atoms with van der Waals surface area (Å²) in [6, 6.07) is 0. The minimum atomic E-state index is -0.858. The number of carbonyl (C=O) groups is 3. The van der Waals surface area contributed by atoms with Gasteiger partial charge in [0.25, 0.3) is 0 Å². The van der Waals surface area contributed by atoms with E-state index in [1.165, 1.54) is 20.8 Å². The molecule has 0 heterocycles. The van der Waals surface area contributed by atoms with E-state index in [4.69, 9.17) is 0 Å². The highest BCUT2D eigenvalue weighted by Gasteiger charge is 2.48. The smallest absolute Gasteiger partial charge is 0.134 e. The highest BCUT2D eigenvalue weighted by atomic mass is 16.3. The van der Waals surface area contributed by atoms with Crippen LogP contribution in [-0.2, 0) is 14.4 Å². The molecule has 4 heteroatoms. The van der Waals surface area contributed by atoms with Crippen LogP contribution in [0, 0.1) is 17.3 Å². The molecule has 0 aliphatic carbocycles. The van der Waals surface area contributed by atoms with E-state index in [9.17, 15) is 19.5 Å². The standard InChI is InChI=1S/C15H26O4.2CH4/c1-7-15(13(6)19,8-9(2)16)14(12(5)18)10(3)11(4)17;;/h10,13-14,19H,7-8H2,1-6H3;2*1H4. The van der Waals surface area contributed by atoms with E-state index >= 15 is 0 Å². The van der Waals surface area contributed by atoms with Crippen molar-refractivity contribution in [1.29, 1.82) is 0 Å². The van der Waals surface area contributed by atoms with Crippen molar-refractivity contribution < 1.29 is 19.5 Å². The number of carbonyl (C=O) groups excluding carboxylic acids is 3. The molecule has 0 fully saturated rings. The lowest BCUT2D eigenvalue weighted by Gasteiger charge is -2.43. The van der Waals surface area contributed by atoms with Crippen molar-refractivity contribution in [2.75, 3.05) is 0 Å². The van der Waals surface area contributed by atoms with Crippen LogP contribution in [0.1, 0.15) is 69.2 Å². The fourth-order valence-corrected chi connectivity index (χ4v) is 3.11. The Morgan fingerprint density at radius 3 is 1.62 bits per heavy atom. The molecule has 0 aromatic heterocycles. The van der Waals surface area contributed by atoms with E-state index in [0.717, 1.165) is 0 Å². The first-order valence-corrected chi connectivity index (χ1v) is 6.78. The number of ketones is 3. The number of Topliss-reactive ketones (excluding diaryl/α,β-unsaturated/α-hetero) is 3. The minimum absolute atomic E-state index is 0. The molecule has 0 bridgehead atoms. The molecule has 0 aliphatic heterocycles. The highest BCUT2D eigenvalue weighted by Crippen LogP contribution is 2.44. The van der Waals surface area contributed by atoms with Crippen molar-refractivity contribution in [2.24, 2.45) is 17.3 Å². The third kappa shape index (κ3) is 5.70. The summed E-state index contributed by atoms with van der Waals surface area (Å²) < 4.78 is 0. The first-order valence-electron chi connectivity index (χ1n) is 6.78. The zero-order valence-electron chi connectivity index (χ0n) is 12.8. The molecule has 126 valence electrons. The lowest BCUT2D eigenvalue weighted by atomic mass is 9.61. The van der Waals surface area contributed by atoms with Crippen LogP contribution in [0.4, 0.5) is 0 Å². The molecule has 0 aliphatic rings. The Kier molecular flexibility index (Phi) is 11.7. The van der Waals surface area contributed by atoms with Crippen molar-refractivity contribution in [3.05, 3.63) is 0 Å². The maximum atomic E-state index is 12.0. The van der Waals surface area contributed by atoms with Crippen molar-refractivity contribution in [3.8, 4) is 0 Å². The van der Waals surface area contributed by atoms with Crippen LogP contribution in [0.25, 0.3) is 0 Å². The lowest BCUT2D eigenvalue weighted by Crippen LogP contribution is -2.48. The van der Waals surface area contributed by atoms with Crippen molar-refractivity contribution in [1.82, 2.24) is 0 Å². The van der Waals surface area contributed by atoms with Gasteiger partial charge in [-0.25, -0.2) is 0 Å². The minimum Gasteiger partial charge on any atom is -0.393 e. The average Bonchev–Trinajstić information content (AvgIpc) is 2.25. The number of aliphatic hydroxyl groups excluding tert-OH is 1. The summed E-state index contributed by atoms with van der Waals surface area (Å²) >= 11 is 0. The summed E-state index contributed by atoms with van der Waals surface area (Å²) in [6.07, 6.45) is -0.230. The molecule has 0 rings (SSSR count). The highest BCUT2D eigenvalue weighted by molar-refractivity contribution is 5.88. The first-order chi connectivity index (χ1) is 8.60. The van der Waals surface area contributed by atoms with Gasteiger partial charge >= 0.3 is 0 Å². The van der Waals surface area contributed by atoms with E-state index in [1.54, 1.807) is 13.8 Å². The number of hydrogen-bond acceptors (Lipinski definition) is 4. The molecule has 0 saturated carbocycles. The SMILES string of the molecule is C.C.CCC(CC(C)=O)(C(C)O)C(C(C)=O)C(C)C(C)=O. The zero-order chi connectivity index (χ0) is 15.4. The Balaban J connectivity index is -0.00000162. The number of aliphatic hydroxyl groups is 1. The Bertz CT molecular complexity index is 360. The van der Waals surface area contributed by atoms with Crippen LogP contribution in [0.15, 0.2) is 0 Å². The maximum Gasteiger partial charge on any atom is 0.134 e. The Morgan fingerprint density at radius 2 is 1.43 bits per heavy atom. The largest absolute Gasteiger partial charge is 0.393 e. The number of rotatable bonds is 8. The molecular weight excluding hydrogens is 268 g/mol. The van der Waals surface area contributed by atoms with Gasteiger partial charge in [-0.1, -0.05) is 28.7 Å². The van der Waals surface area contributed by atoms with Crippen LogP contribution < -0.4 is 0 Å². The topological polar surface area (TPSA) is 71.4 Å². The molecule has 0 radical (unpaired) electrons. The van der Waals surface area contributed by atoms with Crippen LogP contribution >= 0.6 is 0 Å². The van der Waals surface area contributed by atoms with Gasteiger partial charge in [-0.05, 0) is 34.1 Å². The molecular formula is C17H34O4. The predicted molar refractivity (Wildman–Crippen MR) is 87.2 cm³/mol. The second-order valence-electron chi connectivity index (χ2n) is 5.63. The van der Waals surface area contributed by atoms with Gasteiger partial charge in [-0.3, -0.25) is 9.59 Å². The molecule has 4 nitrogen and oxygen atoms in total. The van der Waals surface area contributed by atoms with Gasteiger partial charge in [-0.15, -0.1) is 0 Å². The summed E-state index contributed by atoms with van der Waals surface area (Å²) in [5, 5.41) is 10.1. The summed E-state index contributed by atoms with van der Waals surface area (Å²) in [5.74, 6) is -1.44. The predicted octanol–water partition coefficient (Wildman–Crippen LogP) is 3.45. The number of hydrogen-bond donors (Lipinski definition) is 1. The summed E-state index contributed by atoms with van der Waals surface area (Å²) in [5.41, 5.74) is -0.858. The first kappa shape index (κ1) is 25.0. The molecule has 0 aromatic rings.